The quantitative estimate of drug-likeness (QED) is 0.143. The fourth-order valence-electron chi connectivity index (χ4n) is 9.74. The lowest BCUT2D eigenvalue weighted by atomic mass is 9.89. The van der Waals surface area contributed by atoms with Crippen LogP contribution in [0.2, 0.25) is 0 Å². The zero-order valence-electron chi connectivity index (χ0n) is 29.0. The summed E-state index contributed by atoms with van der Waals surface area (Å²) in [6, 6.07) is 3.66. The van der Waals surface area contributed by atoms with E-state index in [2.05, 4.69) is 48.1 Å². The van der Waals surface area contributed by atoms with Crippen molar-refractivity contribution < 1.29 is 9.53 Å². The lowest BCUT2D eigenvalue weighted by Crippen LogP contribution is -2.63. The normalized spacial score (nSPS) is 35.5. The van der Waals surface area contributed by atoms with E-state index in [1.807, 2.05) is 0 Å². The van der Waals surface area contributed by atoms with E-state index in [9.17, 15) is 4.79 Å². The lowest BCUT2D eigenvalue weighted by molar-refractivity contribution is -0.156. The predicted molar refractivity (Wildman–Crippen MR) is 184 cm³/mol. The third kappa shape index (κ3) is 7.77. The molecule has 0 spiro atoms. The fraction of sp³-hybridized carbons (Fsp3) is 0.919. The van der Waals surface area contributed by atoms with E-state index in [4.69, 9.17) is 14.7 Å². The van der Waals surface area contributed by atoms with Gasteiger partial charge in [-0.3, -0.25) is 4.79 Å². The van der Waals surface area contributed by atoms with Crippen LogP contribution < -0.4 is 10.6 Å². The molecule has 0 bridgehead atoms. The molecule has 254 valence electrons. The summed E-state index contributed by atoms with van der Waals surface area (Å²) in [6.07, 6.45) is 24.9. The molecule has 0 aliphatic carbocycles. The average Bonchev–Trinajstić information content (AvgIpc) is 3.61. The molecule has 0 radical (unpaired) electrons. The standard InChI is InChI=1S/C37H64N6O2/c1-5-6-7-8-9-10-13-16-29-24-32-20-21-33-34(27(4)39-37(41-29)43(32)33)35(44)45-26(3)15-12-11-14-17-28-23-31-19-18-30-22-25(2)38-36(40-28)42(30)31/h25-34H,5-24H2,1-4H3,(H,38,40)(H,39,41)/t25-,26?,27-,28-,29-,30+,31+,32+,33+,34+/m0/s1. The van der Waals surface area contributed by atoms with Crippen molar-refractivity contribution in [2.24, 2.45) is 15.9 Å². The number of nitrogens with zero attached hydrogens (tertiary/aromatic N) is 4. The number of hydrogen-bond acceptors (Lipinski definition) is 8. The summed E-state index contributed by atoms with van der Waals surface area (Å²) in [4.78, 5) is 28.8. The van der Waals surface area contributed by atoms with Gasteiger partial charge in [0.1, 0.15) is 0 Å². The number of nitrogens with one attached hydrogen (secondary N) is 2. The molecule has 0 aromatic rings. The summed E-state index contributed by atoms with van der Waals surface area (Å²) in [7, 11) is 0. The first-order valence-corrected chi connectivity index (χ1v) is 19.4. The van der Waals surface area contributed by atoms with Crippen LogP contribution in [0.1, 0.15) is 156 Å². The molecule has 8 heteroatoms. The first-order chi connectivity index (χ1) is 21.9. The molecule has 6 heterocycles. The Labute approximate surface area is 274 Å². The highest BCUT2D eigenvalue weighted by atomic mass is 16.5. The minimum absolute atomic E-state index is 0.0275. The molecule has 8 nitrogen and oxygen atoms in total. The molecule has 45 heavy (non-hydrogen) atoms. The van der Waals surface area contributed by atoms with Gasteiger partial charge in [-0.05, 0) is 91.4 Å². The summed E-state index contributed by atoms with van der Waals surface area (Å²) in [6.45, 7) is 8.79. The molecule has 6 aliphatic rings. The van der Waals surface area contributed by atoms with Crippen LogP contribution in [0.15, 0.2) is 9.98 Å². The summed E-state index contributed by atoms with van der Waals surface area (Å²) < 4.78 is 6.12. The van der Waals surface area contributed by atoms with Gasteiger partial charge in [0.2, 0.25) is 0 Å². The van der Waals surface area contributed by atoms with E-state index in [1.165, 1.54) is 115 Å². The Morgan fingerprint density at radius 1 is 0.800 bits per heavy atom. The number of guanidine groups is 2. The number of aliphatic imine (C=N–C) groups is 2. The number of esters is 1. The van der Waals surface area contributed by atoms with Gasteiger partial charge in [-0.1, -0.05) is 64.7 Å². The average molecular weight is 625 g/mol. The zero-order valence-corrected chi connectivity index (χ0v) is 29.0. The van der Waals surface area contributed by atoms with Gasteiger partial charge < -0.3 is 25.2 Å². The molecule has 6 rings (SSSR count). The van der Waals surface area contributed by atoms with Crippen molar-refractivity contribution >= 4 is 17.9 Å². The smallest absolute Gasteiger partial charge is 0.313 e. The molecule has 1 unspecified atom stereocenters. The summed E-state index contributed by atoms with van der Waals surface area (Å²) in [5, 5.41) is 7.46. The van der Waals surface area contributed by atoms with Gasteiger partial charge in [-0.2, -0.15) is 0 Å². The molecule has 0 amide bonds. The molecule has 4 saturated heterocycles. The molecule has 0 aromatic carbocycles. The van der Waals surface area contributed by atoms with Gasteiger partial charge in [0.25, 0.3) is 0 Å². The van der Waals surface area contributed by atoms with Gasteiger partial charge in [0.05, 0.1) is 24.1 Å². The third-order valence-corrected chi connectivity index (χ3v) is 12.0. The Kier molecular flexibility index (Phi) is 11.2. The second kappa shape index (κ2) is 15.3. The molecular weight excluding hydrogens is 560 g/mol. The Hall–Kier alpha value is -1.99. The van der Waals surface area contributed by atoms with Crippen LogP contribution >= 0.6 is 0 Å². The van der Waals surface area contributed by atoms with E-state index < -0.39 is 0 Å². The van der Waals surface area contributed by atoms with Gasteiger partial charge >= 0.3 is 5.97 Å². The maximum Gasteiger partial charge on any atom is 0.313 e. The van der Waals surface area contributed by atoms with Crippen LogP contribution in [0.25, 0.3) is 0 Å². The second-order valence-electron chi connectivity index (χ2n) is 15.7. The van der Waals surface area contributed by atoms with Crippen molar-refractivity contribution in [3.8, 4) is 0 Å². The maximum absolute atomic E-state index is 13.5. The van der Waals surface area contributed by atoms with Crippen molar-refractivity contribution in [2.75, 3.05) is 0 Å². The highest BCUT2D eigenvalue weighted by Gasteiger charge is 2.51. The number of rotatable bonds is 16. The molecule has 0 aromatic heterocycles. The number of ether oxygens (including phenoxy) is 1. The molecule has 2 N–H and O–H groups in total. The number of unbranched alkanes of at least 4 members (excludes halogenated alkanes) is 8. The summed E-state index contributed by atoms with van der Waals surface area (Å²) in [5.74, 6) is 2.06. The van der Waals surface area contributed by atoms with Crippen LogP contribution in [0.5, 0.6) is 0 Å². The molecule has 6 aliphatic heterocycles. The van der Waals surface area contributed by atoms with Crippen molar-refractivity contribution in [3.63, 3.8) is 0 Å². The molecule has 4 fully saturated rings. The lowest BCUT2D eigenvalue weighted by Gasteiger charge is -2.47. The van der Waals surface area contributed by atoms with Gasteiger partial charge in [-0.15, -0.1) is 0 Å². The topological polar surface area (TPSA) is 81.6 Å². The summed E-state index contributed by atoms with van der Waals surface area (Å²) in [5.41, 5.74) is 0. The van der Waals surface area contributed by atoms with Crippen LogP contribution in [0.3, 0.4) is 0 Å². The first-order valence-electron chi connectivity index (χ1n) is 19.4. The van der Waals surface area contributed by atoms with E-state index in [1.54, 1.807) is 0 Å². The Morgan fingerprint density at radius 3 is 2.29 bits per heavy atom. The van der Waals surface area contributed by atoms with Gasteiger partial charge in [0.15, 0.2) is 11.9 Å². The third-order valence-electron chi connectivity index (χ3n) is 12.0. The second-order valence-corrected chi connectivity index (χ2v) is 15.7. The predicted octanol–water partition coefficient (Wildman–Crippen LogP) is 6.92. The van der Waals surface area contributed by atoms with Crippen molar-refractivity contribution in [1.29, 1.82) is 0 Å². The van der Waals surface area contributed by atoms with E-state index in [-0.39, 0.29) is 30.1 Å². The Bertz CT molecular complexity index is 1050. The van der Waals surface area contributed by atoms with E-state index in [0.717, 1.165) is 25.2 Å². The van der Waals surface area contributed by atoms with Crippen LogP contribution in [0, 0.1) is 5.92 Å². The fourth-order valence-corrected chi connectivity index (χ4v) is 9.74. The zero-order chi connectivity index (χ0) is 31.3. The van der Waals surface area contributed by atoms with E-state index >= 15 is 0 Å². The number of hydrogen-bond donors (Lipinski definition) is 2. The Balaban J connectivity index is 0.903. The van der Waals surface area contributed by atoms with Gasteiger partial charge in [0, 0.05) is 36.3 Å². The highest BCUT2D eigenvalue weighted by molar-refractivity contribution is 5.86. The minimum Gasteiger partial charge on any atom is -0.462 e. The van der Waals surface area contributed by atoms with E-state index in [0.29, 0.717) is 36.3 Å². The van der Waals surface area contributed by atoms with Crippen LogP contribution in [-0.4, -0.2) is 82.1 Å². The Morgan fingerprint density at radius 2 is 1.47 bits per heavy atom. The molecule has 0 saturated carbocycles. The first kappa shape index (κ1) is 32.9. The number of carbonyl (C=O) groups excluding carboxylic acids is 1. The minimum atomic E-state index is -0.154. The molecular formula is C37H64N6O2. The number of carbonyl (C=O) groups is 1. The SMILES string of the molecule is CCCCCCCCC[C@H]1C[C@H]2CC[C@@H]3[C@H](C(=O)OC(C)CCCCC[C@H]4C[C@H]5CC[C@@H]6C[C@H](C)NC(=N4)N56)[C@H](C)N=C(N1)N23. The monoisotopic (exact) mass is 625 g/mol. The van der Waals surface area contributed by atoms with Gasteiger partial charge in [-0.25, -0.2) is 9.98 Å². The molecule has 10 atom stereocenters. The van der Waals surface area contributed by atoms with Crippen LogP contribution in [-0.2, 0) is 9.53 Å². The van der Waals surface area contributed by atoms with Crippen LogP contribution in [0.4, 0.5) is 0 Å². The van der Waals surface area contributed by atoms with Crippen molar-refractivity contribution in [2.45, 2.75) is 211 Å². The highest BCUT2D eigenvalue weighted by Crippen LogP contribution is 2.40. The van der Waals surface area contributed by atoms with Crippen molar-refractivity contribution in [3.05, 3.63) is 0 Å². The largest absolute Gasteiger partial charge is 0.462 e. The summed E-state index contributed by atoms with van der Waals surface area (Å²) >= 11 is 0. The van der Waals surface area contributed by atoms with Crippen molar-refractivity contribution in [1.82, 2.24) is 20.4 Å². The maximum atomic E-state index is 13.5.